The van der Waals surface area contributed by atoms with Crippen LogP contribution < -0.4 is 0 Å². The SMILES string of the molecule is CCOC(=O)CC[C@@H](C)[C@H]1CCC2C3C(=O)[C@H](CC)C4C[C@H](O)CC[C@]4(C)C3CC[C@@]21C.CC[C@H]1[C@@H](O)C2C3CC[C@H]([C@H](C)CCC(=O)O)[C@@]3(C)CCC2[C@@]2(C)CC[C@@H](O)C[C@@H]12.C[C@H](CCC(=O)O)[C@H]1CCC2C3C(=O)CC4C[C@H](OC5CCCCO5)CC[C@]4(C)C3CC[C@@]21C.C[C@H](CCC(=O)O)[C@H]1CCC2C3C(CC[C@@]21C)[C@@]1(C)CC[C@@H](O)CC1C[C@H]3O. The molecule has 17 aliphatic rings. The average Bonchev–Trinajstić information content (AvgIpc) is 1.37. The number of carbonyl (C=O) groups is 6. The van der Waals surface area contributed by atoms with E-state index >= 15 is 0 Å². The fraction of sp³-hybridized carbons (Fsp3) is 0.944. The minimum atomic E-state index is -0.689. The number of aliphatic carboxylic acids is 3. The maximum atomic E-state index is 14.0. The van der Waals surface area contributed by atoms with E-state index in [0.717, 1.165) is 174 Å². The van der Waals surface area contributed by atoms with Crippen molar-refractivity contribution >= 4 is 35.4 Å². The van der Waals surface area contributed by atoms with Crippen molar-refractivity contribution in [1.82, 2.24) is 0 Å². The third kappa shape index (κ3) is 17.9. The lowest BCUT2D eigenvalue weighted by molar-refractivity contribution is -0.211. The van der Waals surface area contributed by atoms with E-state index in [1.807, 2.05) is 6.92 Å². The quantitative estimate of drug-likeness (QED) is 0.0391. The number of carboxylic acid groups (broad SMARTS) is 3. The third-order valence-corrected chi connectivity index (χ3v) is 43.7. The van der Waals surface area contributed by atoms with Crippen LogP contribution in [0.15, 0.2) is 0 Å². The molecule has 0 aromatic rings. The van der Waals surface area contributed by atoms with E-state index in [-0.39, 0.29) is 129 Å². The molecule has 1 aliphatic heterocycles. The number of esters is 1. The van der Waals surface area contributed by atoms with Crippen LogP contribution in [0.1, 0.15) is 380 Å². The summed E-state index contributed by atoms with van der Waals surface area (Å²) in [6, 6.07) is 0. The molecule has 41 atom stereocenters. The molecule has 17 nitrogen and oxygen atoms in total. The largest absolute Gasteiger partial charge is 0.481 e. The van der Waals surface area contributed by atoms with Crippen molar-refractivity contribution in [2.45, 2.75) is 423 Å². The molecule has 8 N–H and O–H groups in total. The zero-order valence-electron chi connectivity index (χ0n) is 80.1. The number of rotatable bonds is 21. The van der Waals surface area contributed by atoms with Crippen molar-refractivity contribution in [2.24, 2.45) is 197 Å². The van der Waals surface area contributed by atoms with Gasteiger partial charge < -0.3 is 55.1 Å². The van der Waals surface area contributed by atoms with Crippen LogP contribution in [-0.2, 0) is 43.0 Å². The summed E-state index contributed by atoms with van der Waals surface area (Å²) in [6.07, 6.45) is 41.3. The first-order valence-electron chi connectivity index (χ1n) is 52.2. The van der Waals surface area contributed by atoms with Crippen LogP contribution in [0.25, 0.3) is 0 Å². The Kier molecular flexibility index (Phi) is 30.1. The molecular weight excluding hydrogens is 1560 g/mol. The fourth-order valence-electron chi connectivity index (χ4n) is 37.2. The van der Waals surface area contributed by atoms with Gasteiger partial charge in [0.1, 0.15) is 11.6 Å². The molecule has 1 heterocycles. The van der Waals surface area contributed by atoms with Crippen LogP contribution >= 0.6 is 0 Å². The number of carboxylic acids is 3. The zero-order valence-corrected chi connectivity index (χ0v) is 80.1. The van der Waals surface area contributed by atoms with Crippen molar-refractivity contribution in [2.75, 3.05) is 13.2 Å². The lowest BCUT2D eigenvalue weighted by Crippen LogP contribution is -2.62. The molecule has 0 aromatic carbocycles. The summed E-state index contributed by atoms with van der Waals surface area (Å²) in [5.41, 5.74) is 1.85. The summed E-state index contributed by atoms with van der Waals surface area (Å²) in [4.78, 5) is 73.0. The number of hydrogen-bond donors (Lipinski definition) is 8. The highest BCUT2D eigenvalue weighted by Gasteiger charge is 2.70. The standard InChI is InChI=1S/C29H46O5.C28H46O4.C26H44O4.C24H40O4/c1-18(7-10-25(31)32)21-8-9-22-27-23(12-14-29(21,22)3)28(2)13-11-20(16-19(28)17-24(27)30)34-26-6-4-5-15-33-26;1-6-19-23-16-18(29)12-14-28(23,5)22-13-15-27(4)20(9-10-21(27)25(22)26(19)31)17(3)8-11-24(30)32-7-2;1-5-17-21-14-16(27)10-12-26(21,4)20-11-13-25(3)18(15(2)6-9-22(28)29)7-8-19(25)23(20)24(17)30;1-14(4-7-21(27)28)17-5-6-18-22-19(9-11-24(17,18)3)23(2)10-8-16(25)12-15(23)13-20(22)26/h18-23,26-27H,4-17H2,1-3H3,(H,31,32);17-23,25,29H,6-16H2,1-5H3;15-21,23-24,27,30H,5-14H2,1-4H3,(H,28,29);14-20,22,25-26H,4-13H2,1-3H3,(H,27,28)/t18-,19?,20-,21-,22?,23?,26?,27?,28+,29-;17-,18-,19-,20-,21?,22?,23?,25?,27-,28-;15-,16-,17-,18-,19?,20?,21+,23?,24-,25-,26-;14-,15?,16-,17-,18?,19?,20-,22?,23+,24-/m1111/s1. The van der Waals surface area contributed by atoms with E-state index in [1.54, 1.807) is 0 Å². The van der Waals surface area contributed by atoms with Gasteiger partial charge in [-0.15, -0.1) is 0 Å². The first-order valence-corrected chi connectivity index (χ1v) is 52.2. The highest BCUT2D eigenvalue weighted by Crippen LogP contribution is 2.75. The Bertz CT molecular complexity index is 3670. The molecule has 16 aliphatic carbocycles. The maximum absolute atomic E-state index is 14.0. The molecule has 17 heteroatoms. The predicted octanol–water partition coefficient (Wildman–Crippen LogP) is 21.6. The van der Waals surface area contributed by atoms with Crippen LogP contribution in [0.2, 0.25) is 0 Å². The number of aliphatic hydroxyl groups is 5. The summed E-state index contributed by atoms with van der Waals surface area (Å²) >= 11 is 0. The molecule has 0 bridgehead atoms. The van der Waals surface area contributed by atoms with Gasteiger partial charge in [0, 0.05) is 56.5 Å². The number of ether oxygens (including phenoxy) is 3. The Labute approximate surface area is 748 Å². The lowest BCUT2D eigenvalue weighted by Gasteiger charge is -2.64. The molecular formula is C107H176O17. The van der Waals surface area contributed by atoms with Crippen molar-refractivity contribution in [3.05, 3.63) is 0 Å². The van der Waals surface area contributed by atoms with E-state index in [0.29, 0.717) is 161 Å². The second-order valence-electron chi connectivity index (χ2n) is 48.7. The van der Waals surface area contributed by atoms with Gasteiger partial charge in [-0.3, -0.25) is 28.8 Å². The monoisotopic (exact) mass is 1730 g/mol. The third-order valence-electron chi connectivity index (χ3n) is 43.7. The number of Topliss-reactive ketones (excluding diaryl/α,β-unsaturated/α-hetero) is 2. The lowest BCUT2D eigenvalue weighted by atomic mass is 9.41. The Hall–Kier alpha value is -3.06. The van der Waals surface area contributed by atoms with E-state index in [1.165, 1.54) is 83.5 Å². The second-order valence-corrected chi connectivity index (χ2v) is 48.7. The van der Waals surface area contributed by atoms with Gasteiger partial charge in [0.15, 0.2) is 6.29 Å². The van der Waals surface area contributed by atoms with Crippen LogP contribution in [-0.4, -0.2) is 132 Å². The minimum Gasteiger partial charge on any atom is -0.481 e. The average molecular weight is 1730 g/mol. The molecule has 1 saturated heterocycles. The summed E-state index contributed by atoms with van der Waals surface area (Å²) in [6.45, 7) is 36.4. The molecule has 16 saturated carbocycles. The van der Waals surface area contributed by atoms with E-state index < -0.39 is 17.9 Å². The van der Waals surface area contributed by atoms with Gasteiger partial charge in [-0.05, 0) is 424 Å². The van der Waals surface area contributed by atoms with Crippen molar-refractivity contribution in [3.8, 4) is 0 Å². The van der Waals surface area contributed by atoms with Gasteiger partial charge >= 0.3 is 23.9 Å². The molecule has 17 rings (SSSR count). The van der Waals surface area contributed by atoms with Gasteiger partial charge in [-0.1, -0.05) is 103 Å². The smallest absolute Gasteiger partial charge is 0.305 e. The highest BCUT2D eigenvalue weighted by atomic mass is 16.7. The number of fused-ring (bicyclic) bond motifs is 20. The summed E-state index contributed by atoms with van der Waals surface area (Å²) in [7, 11) is 0. The maximum Gasteiger partial charge on any atom is 0.305 e. The van der Waals surface area contributed by atoms with Crippen molar-refractivity contribution in [3.63, 3.8) is 0 Å². The topological polar surface area (TPSA) is 292 Å². The number of aliphatic hydroxyl groups excluding tert-OH is 5. The number of ketones is 2. The second kappa shape index (κ2) is 38.5. The Morgan fingerprint density at radius 1 is 0.403 bits per heavy atom. The number of hydrogen-bond acceptors (Lipinski definition) is 14. The van der Waals surface area contributed by atoms with Gasteiger partial charge in [0.25, 0.3) is 0 Å². The van der Waals surface area contributed by atoms with Gasteiger partial charge in [-0.25, -0.2) is 0 Å². The first kappa shape index (κ1) is 97.0. The van der Waals surface area contributed by atoms with Crippen molar-refractivity contribution in [1.29, 1.82) is 0 Å². The summed E-state index contributed by atoms with van der Waals surface area (Å²) in [5.74, 6) is 10.6. The Morgan fingerprint density at radius 3 is 1.30 bits per heavy atom. The van der Waals surface area contributed by atoms with E-state index in [9.17, 15) is 59.4 Å². The molecule has 0 spiro atoms. The molecule has 0 amide bonds. The fourth-order valence-corrected chi connectivity index (χ4v) is 37.2. The van der Waals surface area contributed by atoms with Gasteiger partial charge in [0.05, 0.1) is 43.2 Å². The Balaban J connectivity index is 0.000000135. The summed E-state index contributed by atoms with van der Waals surface area (Å²) < 4.78 is 17.4. The molecule has 16 unspecified atom stereocenters. The van der Waals surface area contributed by atoms with Gasteiger partial charge in [-0.2, -0.15) is 0 Å². The number of carbonyl (C=O) groups excluding carboxylic acids is 3. The van der Waals surface area contributed by atoms with E-state index in [2.05, 4.69) is 96.9 Å². The molecule has 17 fully saturated rings. The van der Waals surface area contributed by atoms with Crippen LogP contribution in [0.5, 0.6) is 0 Å². The molecule has 0 radical (unpaired) electrons. The Morgan fingerprint density at radius 2 is 0.806 bits per heavy atom. The first-order chi connectivity index (χ1) is 58.7. The molecule has 706 valence electrons. The molecule has 0 aromatic heterocycles. The normalized spacial score (nSPS) is 49.2. The zero-order chi connectivity index (χ0) is 89.5. The molecule has 124 heavy (non-hydrogen) atoms. The van der Waals surface area contributed by atoms with Crippen LogP contribution in [0, 0.1) is 197 Å². The predicted molar refractivity (Wildman–Crippen MR) is 482 cm³/mol. The van der Waals surface area contributed by atoms with Crippen molar-refractivity contribution < 1.29 is 83.8 Å². The van der Waals surface area contributed by atoms with Crippen LogP contribution in [0.4, 0.5) is 0 Å². The minimum absolute atomic E-state index is 0.0379. The van der Waals surface area contributed by atoms with Gasteiger partial charge in [0.2, 0.25) is 0 Å². The van der Waals surface area contributed by atoms with Crippen LogP contribution in [0.3, 0.4) is 0 Å². The van der Waals surface area contributed by atoms with E-state index in [4.69, 9.17) is 24.4 Å². The highest BCUT2D eigenvalue weighted by molar-refractivity contribution is 5.86. The summed E-state index contributed by atoms with van der Waals surface area (Å²) in [5, 5.41) is 81.4.